The van der Waals surface area contributed by atoms with Gasteiger partial charge in [-0.1, -0.05) is 35.7 Å². The van der Waals surface area contributed by atoms with Gasteiger partial charge in [0.25, 0.3) is 0 Å². The van der Waals surface area contributed by atoms with Crippen molar-refractivity contribution in [3.05, 3.63) is 45.2 Å². The summed E-state index contributed by atoms with van der Waals surface area (Å²) in [7, 11) is 0. The van der Waals surface area contributed by atoms with Crippen LogP contribution >= 0.6 is 23.5 Å². The van der Waals surface area contributed by atoms with E-state index in [0.717, 1.165) is 15.4 Å². The maximum Gasteiger partial charge on any atom is 0.305 e. The van der Waals surface area contributed by atoms with Gasteiger partial charge < -0.3 is 10.8 Å². The molecule has 4 nitrogen and oxygen atoms in total. The highest BCUT2D eigenvalue weighted by atomic mass is 32.2. The zero-order valence-electron chi connectivity index (χ0n) is 13.3. The summed E-state index contributed by atoms with van der Waals surface area (Å²) >= 11 is 2.93. The molecule has 0 bridgehead atoms. The molecule has 6 heteroatoms. The second kappa shape index (κ2) is 8.43. The molecule has 0 aromatic heterocycles. The predicted octanol–water partition coefficient (Wildman–Crippen LogP) is 3.12. The summed E-state index contributed by atoms with van der Waals surface area (Å²) in [6, 6.07) is 7.25. The highest BCUT2D eigenvalue weighted by Gasteiger charge is 2.33. The van der Waals surface area contributed by atoms with E-state index in [1.807, 2.05) is 25.1 Å². The molecule has 0 spiro atoms. The SMILES string of the molecule is C#CCSC1=C(C(N)CC(=O)O)C(=O)CC(c2cccc(C)c2)S1. The number of nitrogens with two attached hydrogens (primary N) is 1. The number of terminal acetylenes is 1. The van der Waals surface area contributed by atoms with E-state index < -0.39 is 12.0 Å². The number of hydrogen-bond acceptors (Lipinski definition) is 5. The summed E-state index contributed by atoms with van der Waals surface area (Å²) in [5, 5.41) is 8.96. The van der Waals surface area contributed by atoms with E-state index in [1.165, 1.54) is 11.8 Å². The molecule has 1 aliphatic rings. The van der Waals surface area contributed by atoms with Gasteiger partial charge in [-0.3, -0.25) is 9.59 Å². The first-order valence-electron chi connectivity index (χ1n) is 7.46. The normalized spacial score (nSPS) is 19.0. The lowest BCUT2D eigenvalue weighted by Crippen LogP contribution is -2.32. The maximum atomic E-state index is 12.7. The number of carboxylic acid groups (broad SMARTS) is 1. The Labute approximate surface area is 150 Å². The van der Waals surface area contributed by atoms with Crippen molar-refractivity contribution in [3.8, 4) is 12.3 Å². The molecule has 1 aromatic carbocycles. The minimum atomic E-state index is -1.02. The van der Waals surface area contributed by atoms with Gasteiger partial charge in [-0.05, 0) is 12.5 Å². The summed E-state index contributed by atoms with van der Waals surface area (Å²) in [6.45, 7) is 2.01. The van der Waals surface area contributed by atoms with Crippen LogP contribution in [0.2, 0.25) is 0 Å². The van der Waals surface area contributed by atoms with Crippen LogP contribution in [0, 0.1) is 19.3 Å². The largest absolute Gasteiger partial charge is 0.481 e. The fraction of sp³-hybridized carbons (Fsp3) is 0.333. The number of aliphatic carboxylic acids is 1. The number of carboxylic acids is 1. The molecule has 0 saturated heterocycles. The Balaban J connectivity index is 2.33. The first kappa shape index (κ1) is 18.7. The van der Waals surface area contributed by atoms with E-state index in [4.69, 9.17) is 17.3 Å². The number of ketones is 1. The van der Waals surface area contributed by atoms with Crippen molar-refractivity contribution >= 4 is 35.3 Å². The van der Waals surface area contributed by atoms with Crippen LogP contribution in [0.1, 0.15) is 29.2 Å². The zero-order chi connectivity index (χ0) is 17.7. The number of carbonyl (C=O) groups is 2. The van der Waals surface area contributed by atoms with Crippen molar-refractivity contribution in [3.63, 3.8) is 0 Å². The number of aryl methyl sites for hydroxylation is 1. The van der Waals surface area contributed by atoms with E-state index in [9.17, 15) is 9.59 Å². The number of benzene rings is 1. The van der Waals surface area contributed by atoms with Crippen molar-refractivity contribution < 1.29 is 14.7 Å². The van der Waals surface area contributed by atoms with Gasteiger partial charge in [-0.2, -0.15) is 0 Å². The molecule has 0 aliphatic carbocycles. The van der Waals surface area contributed by atoms with Gasteiger partial charge in [0, 0.05) is 27.5 Å². The molecule has 1 aliphatic heterocycles. The quantitative estimate of drug-likeness (QED) is 0.758. The van der Waals surface area contributed by atoms with E-state index in [-0.39, 0.29) is 17.5 Å². The van der Waals surface area contributed by atoms with Crippen LogP contribution in [0.15, 0.2) is 34.1 Å². The number of thioether (sulfide) groups is 2. The number of rotatable bonds is 6. The monoisotopic (exact) mass is 361 g/mol. The third-order valence-corrected chi connectivity index (χ3v) is 6.20. The topological polar surface area (TPSA) is 80.4 Å². The molecule has 2 atom stereocenters. The van der Waals surface area contributed by atoms with Gasteiger partial charge in [-0.25, -0.2) is 0 Å². The fourth-order valence-corrected chi connectivity index (χ4v) is 5.15. The Hall–Kier alpha value is -1.68. The van der Waals surface area contributed by atoms with E-state index in [0.29, 0.717) is 17.7 Å². The third-order valence-electron chi connectivity index (χ3n) is 3.61. The summed E-state index contributed by atoms with van der Waals surface area (Å²) in [6.07, 6.45) is 5.38. The van der Waals surface area contributed by atoms with Gasteiger partial charge in [0.15, 0.2) is 5.78 Å². The van der Waals surface area contributed by atoms with Crippen molar-refractivity contribution in [2.45, 2.75) is 31.1 Å². The predicted molar refractivity (Wildman–Crippen MR) is 99.7 cm³/mol. The summed E-state index contributed by atoms with van der Waals surface area (Å²) in [5.74, 6) is 1.85. The molecule has 2 unspecified atom stereocenters. The van der Waals surface area contributed by atoms with Crippen molar-refractivity contribution in [1.82, 2.24) is 0 Å². The lowest BCUT2D eigenvalue weighted by atomic mass is 9.96. The summed E-state index contributed by atoms with van der Waals surface area (Å²) < 4.78 is 0.754. The first-order chi connectivity index (χ1) is 11.4. The average molecular weight is 361 g/mol. The smallest absolute Gasteiger partial charge is 0.305 e. The maximum absolute atomic E-state index is 12.7. The highest BCUT2D eigenvalue weighted by molar-refractivity contribution is 8.22. The standard InChI is InChI=1S/C18H19NO3S2/c1-3-7-23-18-17(13(19)9-16(21)22)14(20)10-15(24-18)12-6-4-5-11(2)8-12/h1,4-6,8,13,15H,7,9-10,19H2,2H3,(H,21,22). The Morgan fingerprint density at radius 2 is 2.33 bits per heavy atom. The second-order valence-corrected chi connectivity index (χ2v) is 8.00. The van der Waals surface area contributed by atoms with Crippen LogP contribution in [0.25, 0.3) is 0 Å². The highest BCUT2D eigenvalue weighted by Crippen LogP contribution is 2.48. The van der Waals surface area contributed by atoms with E-state index in [2.05, 4.69) is 12.0 Å². The Kier molecular flexibility index (Phi) is 6.55. The van der Waals surface area contributed by atoms with Gasteiger partial charge in [-0.15, -0.1) is 29.9 Å². The van der Waals surface area contributed by atoms with Crippen LogP contribution in [0.5, 0.6) is 0 Å². The number of carbonyl (C=O) groups excluding carboxylic acids is 1. The van der Waals surface area contributed by atoms with E-state index in [1.54, 1.807) is 11.8 Å². The molecule has 0 amide bonds. The molecule has 24 heavy (non-hydrogen) atoms. The summed E-state index contributed by atoms with van der Waals surface area (Å²) in [4.78, 5) is 23.6. The van der Waals surface area contributed by atoms with Crippen molar-refractivity contribution in [2.24, 2.45) is 5.73 Å². The minimum Gasteiger partial charge on any atom is -0.481 e. The molecular weight excluding hydrogens is 342 g/mol. The Morgan fingerprint density at radius 1 is 1.58 bits per heavy atom. The zero-order valence-corrected chi connectivity index (χ0v) is 15.0. The molecule has 0 radical (unpaired) electrons. The van der Waals surface area contributed by atoms with Gasteiger partial charge in [0.2, 0.25) is 0 Å². The molecule has 1 heterocycles. The number of hydrogen-bond donors (Lipinski definition) is 2. The molecule has 0 fully saturated rings. The van der Waals surface area contributed by atoms with E-state index >= 15 is 0 Å². The van der Waals surface area contributed by atoms with Crippen molar-refractivity contribution in [2.75, 3.05) is 5.75 Å². The lowest BCUT2D eigenvalue weighted by molar-refractivity contribution is -0.137. The van der Waals surface area contributed by atoms with Crippen LogP contribution < -0.4 is 5.73 Å². The van der Waals surface area contributed by atoms with Gasteiger partial charge in [0.1, 0.15) is 0 Å². The Morgan fingerprint density at radius 3 is 2.96 bits per heavy atom. The minimum absolute atomic E-state index is 0.00143. The van der Waals surface area contributed by atoms with Crippen LogP contribution in [-0.4, -0.2) is 28.7 Å². The average Bonchev–Trinajstić information content (AvgIpc) is 2.51. The molecular formula is C18H19NO3S2. The van der Waals surface area contributed by atoms with Crippen LogP contribution in [0.4, 0.5) is 0 Å². The lowest BCUT2D eigenvalue weighted by Gasteiger charge is -2.28. The third kappa shape index (κ3) is 4.67. The number of Topliss-reactive ketones (excluding diaryl/α,β-unsaturated/α-hetero) is 1. The fourth-order valence-electron chi connectivity index (χ4n) is 2.55. The molecule has 0 saturated carbocycles. The molecule has 126 valence electrons. The second-order valence-electron chi connectivity index (χ2n) is 5.55. The first-order valence-corrected chi connectivity index (χ1v) is 9.33. The Bertz CT molecular complexity index is 721. The van der Waals surface area contributed by atoms with Crippen molar-refractivity contribution in [1.29, 1.82) is 0 Å². The molecule has 2 rings (SSSR count). The summed E-state index contributed by atoms with van der Waals surface area (Å²) in [5.41, 5.74) is 8.60. The van der Waals surface area contributed by atoms with Gasteiger partial charge in [0.05, 0.1) is 12.2 Å². The van der Waals surface area contributed by atoms with Crippen LogP contribution in [-0.2, 0) is 9.59 Å². The van der Waals surface area contributed by atoms with Gasteiger partial charge >= 0.3 is 5.97 Å². The molecule has 1 aromatic rings. The van der Waals surface area contributed by atoms with Crippen LogP contribution in [0.3, 0.4) is 0 Å². The molecule has 3 N–H and O–H groups in total.